The average molecular weight is 220 g/mol. The van der Waals surface area contributed by atoms with Crippen LogP contribution in [-0.4, -0.2) is 18.9 Å². The molecular weight excluding hydrogens is 208 g/mol. The zero-order valence-electron chi connectivity index (χ0n) is 8.93. The normalized spacial score (nSPS) is 9.31. The summed E-state index contributed by atoms with van der Waals surface area (Å²) in [5.41, 5.74) is 0.460. The van der Waals surface area contributed by atoms with Gasteiger partial charge in [-0.25, -0.2) is 4.79 Å². The van der Waals surface area contributed by atoms with Gasteiger partial charge >= 0.3 is 5.97 Å². The number of carbonyl (C=O) groups is 2. The molecule has 0 spiro atoms. The van der Waals surface area contributed by atoms with E-state index in [9.17, 15) is 9.59 Å². The van der Waals surface area contributed by atoms with Crippen molar-refractivity contribution in [3.8, 4) is 11.5 Å². The third-order valence-corrected chi connectivity index (χ3v) is 1.78. The standard InChI is InChI=1S/C12H12O4/c1-3-12(14)16-10-6-5-9(8-13)7-11(10)15-4-2/h3,5-8H,1,4H2,2H3. The van der Waals surface area contributed by atoms with Gasteiger partial charge in [-0.15, -0.1) is 0 Å². The molecule has 1 aromatic rings. The zero-order valence-corrected chi connectivity index (χ0v) is 8.93. The van der Waals surface area contributed by atoms with Crippen LogP contribution in [0, 0.1) is 0 Å². The quantitative estimate of drug-likeness (QED) is 0.329. The lowest BCUT2D eigenvalue weighted by Crippen LogP contribution is -2.05. The molecule has 1 aromatic carbocycles. The van der Waals surface area contributed by atoms with Gasteiger partial charge in [0.15, 0.2) is 11.5 Å². The molecule has 0 aliphatic heterocycles. The van der Waals surface area contributed by atoms with E-state index in [1.165, 1.54) is 12.1 Å². The molecule has 0 radical (unpaired) electrons. The third-order valence-electron chi connectivity index (χ3n) is 1.78. The Kier molecular flexibility index (Phi) is 4.27. The van der Waals surface area contributed by atoms with Crippen molar-refractivity contribution in [2.45, 2.75) is 6.92 Å². The van der Waals surface area contributed by atoms with Crippen LogP contribution in [0.5, 0.6) is 11.5 Å². The van der Waals surface area contributed by atoms with Crippen LogP contribution >= 0.6 is 0 Å². The summed E-state index contributed by atoms with van der Waals surface area (Å²) in [6.07, 6.45) is 1.75. The minimum atomic E-state index is -0.570. The largest absolute Gasteiger partial charge is 0.490 e. The fraction of sp³-hybridized carbons (Fsp3) is 0.167. The summed E-state index contributed by atoms with van der Waals surface area (Å²) in [6, 6.07) is 4.57. The van der Waals surface area contributed by atoms with E-state index in [0.717, 1.165) is 6.08 Å². The lowest BCUT2D eigenvalue weighted by molar-refractivity contribution is -0.129. The summed E-state index contributed by atoms with van der Waals surface area (Å²) in [5.74, 6) is 0.0689. The maximum Gasteiger partial charge on any atom is 0.335 e. The predicted octanol–water partition coefficient (Wildman–Crippen LogP) is 1.99. The van der Waals surface area contributed by atoms with Crippen LogP contribution in [0.3, 0.4) is 0 Å². The van der Waals surface area contributed by atoms with E-state index in [0.29, 0.717) is 24.2 Å². The summed E-state index contributed by atoms with van der Waals surface area (Å²) >= 11 is 0. The second-order valence-electron chi connectivity index (χ2n) is 2.88. The van der Waals surface area contributed by atoms with E-state index >= 15 is 0 Å². The molecule has 0 fully saturated rings. The minimum absolute atomic E-state index is 0.275. The highest BCUT2D eigenvalue weighted by Gasteiger charge is 2.08. The number of benzene rings is 1. The van der Waals surface area contributed by atoms with Crippen molar-refractivity contribution >= 4 is 12.3 Å². The Morgan fingerprint density at radius 1 is 1.44 bits per heavy atom. The van der Waals surface area contributed by atoms with Crippen molar-refractivity contribution in [2.75, 3.05) is 6.61 Å². The maximum atomic E-state index is 11.0. The Morgan fingerprint density at radius 3 is 2.75 bits per heavy atom. The van der Waals surface area contributed by atoms with E-state index in [4.69, 9.17) is 9.47 Å². The molecule has 0 unspecified atom stereocenters. The van der Waals surface area contributed by atoms with Crippen molar-refractivity contribution in [3.63, 3.8) is 0 Å². The molecule has 0 heterocycles. The van der Waals surface area contributed by atoms with Crippen LogP contribution in [0.2, 0.25) is 0 Å². The van der Waals surface area contributed by atoms with Gasteiger partial charge in [-0.1, -0.05) is 6.58 Å². The molecule has 0 atom stereocenters. The molecule has 0 N–H and O–H groups in total. The summed E-state index contributed by atoms with van der Waals surface area (Å²) in [4.78, 5) is 21.6. The lowest BCUT2D eigenvalue weighted by atomic mass is 10.2. The zero-order chi connectivity index (χ0) is 12.0. The molecule has 0 aromatic heterocycles. The van der Waals surface area contributed by atoms with Crippen LogP contribution in [0.25, 0.3) is 0 Å². The number of ether oxygens (including phenoxy) is 2. The van der Waals surface area contributed by atoms with Gasteiger partial charge in [0.05, 0.1) is 6.61 Å². The van der Waals surface area contributed by atoms with Crippen molar-refractivity contribution in [1.29, 1.82) is 0 Å². The van der Waals surface area contributed by atoms with E-state index in [2.05, 4.69) is 6.58 Å². The first-order valence-corrected chi connectivity index (χ1v) is 4.77. The van der Waals surface area contributed by atoms with Crippen LogP contribution < -0.4 is 9.47 Å². The Bertz CT molecular complexity index is 409. The fourth-order valence-corrected chi connectivity index (χ4v) is 1.10. The first-order chi connectivity index (χ1) is 7.71. The number of hydrogen-bond donors (Lipinski definition) is 0. The van der Waals surface area contributed by atoms with Gasteiger partial charge in [0.1, 0.15) is 6.29 Å². The Labute approximate surface area is 93.5 Å². The molecule has 0 aliphatic rings. The smallest absolute Gasteiger partial charge is 0.335 e. The van der Waals surface area contributed by atoms with Crippen molar-refractivity contribution < 1.29 is 19.1 Å². The molecule has 1 rings (SSSR count). The molecular formula is C12H12O4. The Balaban J connectivity index is 3.01. The topological polar surface area (TPSA) is 52.6 Å². The second kappa shape index (κ2) is 5.70. The monoisotopic (exact) mass is 220 g/mol. The number of aldehydes is 1. The Morgan fingerprint density at radius 2 is 2.19 bits per heavy atom. The van der Waals surface area contributed by atoms with Crippen LogP contribution in [0.1, 0.15) is 17.3 Å². The molecule has 4 nitrogen and oxygen atoms in total. The highest BCUT2D eigenvalue weighted by Crippen LogP contribution is 2.28. The molecule has 0 aliphatic carbocycles. The molecule has 0 saturated heterocycles. The molecule has 0 saturated carbocycles. The second-order valence-corrected chi connectivity index (χ2v) is 2.88. The summed E-state index contributed by atoms with van der Waals surface area (Å²) < 4.78 is 10.2. The van der Waals surface area contributed by atoms with E-state index < -0.39 is 5.97 Å². The van der Waals surface area contributed by atoms with Crippen LogP contribution in [0.15, 0.2) is 30.9 Å². The summed E-state index contributed by atoms with van der Waals surface area (Å²) in [5, 5.41) is 0. The Hall–Kier alpha value is -2.10. The van der Waals surface area contributed by atoms with E-state index in [1.807, 2.05) is 0 Å². The highest BCUT2D eigenvalue weighted by atomic mass is 16.6. The number of rotatable bonds is 5. The van der Waals surface area contributed by atoms with Crippen molar-refractivity contribution in [3.05, 3.63) is 36.4 Å². The SMILES string of the molecule is C=CC(=O)Oc1ccc(C=O)cc1OCC. The number of hydrogen-bond acceptors (Lipinski definition) is 4. The van der Waals surface area contributed by atoms with Gasteiger partial charge < -0.3 is 9.47 Å². The van der Waals surface area contributed by atoms with Gasteiger partial charge in [0.25, 0.3) is 0 Å². The van der Waals surface area contributed by atoms with Crippen LogP contribution in [-0.2, 0) is 4.79 Å². The number of esters is 1. The van der Waals surface area contributed by atoms with Crippen molar-refractivity contribution in [2.24, 2.45) is 0 Å². The van der Waals surface area contributed by atoms with Gasteiger partial charge in [-0.05, 0) is 25.1 Å². The molecule has 16 heavy (non-hydrogen) atoms. The third kappa shape index (κ3) is 2.95. The van der Waals surface area contributed by atoms with Crippen molar-refractivity contribution in [1.82, 2.24) is 0 Å². The molecule has 84 valence electrons. The first-order valence-electron chi connectivity index (χ1n) is 4.77. The lowest BCUT2D eigenvalue weighted by Gasteiger charge is -2.09. The van der Waals surface area contributed by atoms with Gasteiger partial charge in [0.2, 0.25) is 0 Å². The first kappa shape index (κ1) is 12.0. The average Bonchev–Trinajstić information content (AvgIpc) is 2.31. The molecule has 0 bridgehead atoms. The van der Waals surface area contributed by atoms with Gasteiger partial charge in [-0.3, -0.25) is 4.79 Å². The predicted molar refractivity (Wildman–Crippen MR) is 58.8 cm³/mol. The fourth-order valence-electron chi connectivity index (χ4n) is 1.10. The van der Waals surface area contributed by atoms with Gasteiger partial charge in [-0.2, -0.15) is 0 Å². The molecule has 0 amide bonds. The van der Waals surface area contributed by atoms with Gasteiger partial charge in [0, 0.05) is 11.6 Å². The number of carbonyl (C=O) groups excluding carboxylic acids is 2. The van der Waals surface area contributed by atoms with E-state index in [-0.39, 0.29) is 5.75 Å². The minimum Gasteiger partial charge on any atom is -0.490 e. The maximum absolute atomic E-state index is 11.0. The summed E-state index contributed by atoms with van der Waals surface area (Å²) in [6.45, 7) is 5.51. The molecule has 4 heteroatoms. The highest BCUT2D eigenvalue weighted by molar-refractivity contribution is 5.84. The summed E-state index contributed by atoms with van der Waals surface area (Å²) in [7, 11) is 0. The van der Waals surface area contributed by atoms with Crippen LogP contribution in [0.4, 0.5) is 0 Å². The van der Waals surface area contributed by atoms with E-state index in [1.54, 1.807) is 13.0 Å².